The Morgan fingerprint density at radius 2 is 1.89 bits per heavy atom. The van der Waals surface area contributed by atoms with E-state index < -0.39 is 12.0 Å². The first-order valence-corrected chi connectivity index (χ1v) is 10.1. The van der Waals surface area contributed by atoms with Gasteiger partial charge in [-0.1, -0.05) is 12.1 Å². The molecule has 1 aliphatic heterocycles. The summed E-state index contributed by atoms with van der Waals surface area (Å²) in [4.78, 5) is 11.2. The summed E-state index contributed by atoms with van der Waals surface area (Å²) in [5, 5.41) is 12.2. The van der Waals surface area contributed by atoms with Crippen molar-refractivity contribution in [2.24, 2.45) is 0 Å². The molecule has 0 radical (unpaired) electrons. The van der Waals surface area contributed by atoms with Gasteiger partial charge in [0.2, 0.25) is 0 Å². The van der Waals surface area contributed by atoms with E-state index in [1.54, 1.807) is 18.9 Å². The van der Waals surface area contributed by atoms with Gasteiger partial charge in [0, 0.05) is 17.4 Å². The number of ether oxygens (including phenoxy) is 3. The second-order valence-corrected chi connectivity index (χ2v) is 7.78. The molecule has 2 atom stereocenters. The van der Waals surface area contributed by atoms with Gasteiger partial charge in [-0.05, 0) is 43.2 Å². The van der Waals surface area contributed by atoms with E-state index in [4.69, 9.17) is 14.2 Å². The fraction of sp³-hybridized carbons (Fsp3) is 0.381. The zero-order chi connectivity index (χ0) is 20.1. The summed E-state index contributed by atoms with van der Waals surface area (Å²) in [6.07, 6.45) is 0. The molecule has 1 saturated heterocycles. The minimum atomic E-state index is -0.840. The molecule has 1 aliphatic rings. The molecule has 2 N–H and O–H groups in total. The summed E-state index contributed by atoms with van der Waals surface area (Å²) in [7, 11) is 1.60. The standard InChI is InChI=1S/C21H25NO5S/c1-13-4-5-14(2)18(10-13)26-8-9-27-19-11-15(25-3)6-7-16(19)20-22-17(12-28-20)21(23)24/h4-7,10-11,17,20,22H,8-9,12H2,1-3H3,(H,23,24). The molecule has 0 spiro atoms. The fourth-order valence-corrected chi connectivity index (χ4v) is 4.20. The van der Waals surface area contributed by atoms with E-state index in [-0.39, 0.29) is 5.37 Å². The van der Waals surface area contributed by atoms with Gasteiger partial charge in [0.05, 0.1) is 12.5 Å². The van der Waals surface area contributed by atoms with E-state index in [2.05, 4.69) is 11.4 Å². The maximum Gasteiger partial charge on any atom is 0.321 e. The summed E-state index contributed by atoms with van der Waals surface area (Å²) in [6, 6.07) is 11.1. The van der Waals surface area contributed by atoms with Crippen LogP contribution in [-0.2, 0) is 4.79 Å². The summed E-state index contributed by atoms with van der Waals surface area (Å²) in [5.74, 6) is 1.88. The molecule has 0 bridgehead atoms. The average Bonchev–Trinajstić information content (AvgIpc) is 3.18. The number of methoxy groups -OCH3 is 1. The lowest BCUT2D eigenvalue weighted by Crippen LogP contribution is -2.33. The van der Waals surface area contributed by atoms with Crippen LogP contribution in [0.25, 0.3) is 0 Å². The van der Waals surface area contributed by atoms with Crippen LogP contribution in [0.4, 0.5) is 0 Å². The Bertz CT molecular complexity index is 842. The van der Waals surface area contributed by atoms with Crippen LogP contribution in [0.3, 0.4) is 0 Å². The third-order valence-corrected chi connectivity index (χ3v) is 5.77. The van der Waals surface area contributed by atoms with Crippen molar-refractivity contribution in [3.63, 3.8) is 0 Å². The van der Waals surface area contributed by atoms with Gasteiger partial charge in [0.15, 0.2) is 0 Å². The lowest BCUT2D eigenvalue weighted by Gasteiger charge is -2.18. The lowest BCUT2D eigenvalue weighted by molar-refractivity contribution is -0.138. The van der Waals surface area contributed by atoms with E-state index >= 15 is 0 Å². The van der Waals surface area contributed by atoms with Gasteiger partial charge in [-0.15, -0.1) is 11.8 Å². The van der Waals surface area contributed by atoms with Gasteiger partial charge in [-0.2, -0.15) is 0 Å². The number of thioether (sulfide) groups is 1. The fourth-order valence-electron chi connectivity index (χ4n) is 2.94. The Labute approximate surface area is 169 Å². The maximum atomic E-state index is 11.2. The van der Waals surface area contributed by atoms with E-state index in [0.717, 1.165) is 22.4 Å². The summed E-state index contributed by atoms with van der Waals surface area (Å²) < 4.78 is 17.1. The third-order valence-electron chi connectivity index (χ3n) is 4.53. The van der Waals surface area contributed by atoms with Crippen molar-refractivity contribution in [3.8, 4) is 17.2 Å². The highest BCUT2D eigenvalue weighted by Crippen LogP contribution is 2.39. The van der Waals surface area contributed by atoms with Crippen LogP contribution in [0.2, 0.25) is 0 Å². The maximum absolute atomic E-state index is 11.2. The molecular formula is C21H25NO5S. The van der Waals surface area contributed by atoms with E-state index in [9.17, 15) is 9.90 Å². The van der Waals surface area contributed by atoms with Crippen molar-refractivity contribution in [2.45, 2.75) is 25.3 Å². The normalized spacial score (nSPS) is 18.7. The number of carbonyl (C=O) groups is 1. The predicted octanol–water partition coefficient (Wildman–Crippen LogP) is 3.56. The van der Waals surface area contributed by atoms with Gasteiger partial charge in [0.1, 0.15) is 36.5 Å². The SMILES string of the molecule is COc1ccc(C2NC(C(=O)O)CS2)c(OCCOc2cc(C)ccc2C)c1. The number of nitrogens with one attached hydrogen (secondary N) is 1. The number of carboxylic acid groups (broad SMARTS) is 1. The molecule has 28 heavy (non-hydrogen) atoms. The molecule has 2 aromatic carbocycles. The van der Waals surface area contributed by atoms with Gasteiger partial charge >= 0.3 is 5.97 Å². The van der Waals surface area contributed by atoms with Crippen LogP contribution in [0.5, 0.6) is 17.2 Å². The second-order valence-electron chi connectivity index (χ2n) is 6.64. The molecule has 0 aromatic heterocycles. The smallest absolute Gasteiger partial charge is 0.321 e. The predicted molar refractivity (Wildman–Crippen MR) is 110 cm³/mol. The Morgan fingerprint density at radius 3 is 2.57 bits per heavy atom. The Hall–Kier alpha value is -2.38. The highest BCUT2D eigenvalue weighted by molar-refractivity contribution is 7.99. The minimum absolute atomic E-state index is 0.137. The minimum Gasteiger partial charge on any atom is -0.497 e. The van der Waals surface area contributed by atoms with E-state index in [1.165, 1.54) is 0 Å². The second kappa shape index (κ2) is 9.21. The Balaban J connectivity index is 1.65. The van der Waals surface area contributed by atoms with Crippen LogP contribution in [0.1, 0.15) is 22.1 Å². The van der Waals surface area contributed by atoms with Gasteiger partial charge in [0.25, 0.3) is 0 Å². The summed E-state index contributed by atoms with van der Waals surface area (Å²) in [6.45, 7) is 4.82. The summed E-state index contributed by atoms with van der Waals surface area (Å²) >= 11 is 1.56. The quantitative estimate of drug-likeness (QED) is 0.653. The number of rotatable bonds is 8. The first kappa shape index (κ1) is 20.4. The van der Waals surface area contributed by atoms with Crippen molar-refractivity contribution in [1.29, 1.82) is 0 Å². The number of aliphatic carboxylic acids is 1. The van der Waals surface area contributed by atoms with Crippen molar-refractivity contribution in [3.05, 3.63) is 53.1 Å². The highest BCUT2D eigenvalue weighted by atomic mass is 32.2. The van der Waals surface area contributed by atoms with Gasteiger partial charge in [-0.25, -0.2) is 0 Å². The lowest BCUT2D eigenvalue weighted by atomic mass is 10.1. The first-order chi connectivity index (χ1) is 13.5. The van der Waals surface area contributed by atoms with Crippen molar-refractivity contribution in [1.82, 2.24) is 5.32 Å². The molecule has 0 amide bonds. The number of carboxylic acids is 1. The van der Waals surface area contributed by atoms with Crippen LogP contribution < -0.4 is 19.5 Å². The molecular weight excluding hydrogens is 378 g/mol. The van der Waals surface area contributed by atoms with E-state index in [1.807, 2.05) is 44.2 Å². The molecule has 7 heteroatoms. The van der Waals surface area contributed by atoms with Crippen LogP contribution in [0.15, 0.2) is 36.4 Å². The van der Waals surface area contributed by atoms with Crippen LogP contribution >= 0.6 is 11.8 Å². The Morgan fingerprint density at radius 1 is 1.14 bits per heavy atom. The largest absolute Gasteiger partial charge is 0.497 e. The van der Waals surface area contributed by atoms with Crippen LogP contribution in [0, 0.1) is 13.8 Å². The van der Waals surface area contributed by atoms with Gasteiger partial charge in [-0.3, -0.25) is 10.1 Å². The number of hydrogen-bond donors (Lipinski definition) is 2. The number of hydrogen-bond acceptors (Lipinski definition) is 6. The molecule has 1 heterocycles. The molecule has 1 fully saturated rings. The van der Waals surface area contributed by atoms with Gasteiger partial charge < -0.3 is 19.3 Å². The highest BCUT2D eigenvalue weighted by Gasteiger charge is 2.32. The molecule has 2 aromatic rings. The number of aryl methyl sites for hydroxylation is 2. The first-order valence-electron chi connectivity index (χ1n) is 9.09. The molecule has 150 valence electrons. The zero-order valence-electron chi connectivity index (χ0n) is 16.2. The van der Waals surface area contributed by atoms with E-state index in [0.29, 0.717) is 30.5 Å². The summed E-state index contributed by atoms with van der Waals surface area (Å²) in [5.41, 5.74) is 3.13. The third kappa shape index (κ3) is 4.91. The Kier molecular flexibility index (Phi) is 6.70. The monoisotopic (exact) mass is 403 g/mol. The topological polar surface area (TPSA) is 77.0 Å². The van der Waals surface area contributed by atoms with Crippen molar-refractivity contribution < 1.29 is 24.1 Å². The molecule has 2 unspecified atom stereocenters. The average molecular weight is 404 g/mol. The van der Waals surface area contributed by atoms with Crippen LogP contribution in [-0.4, -0.2) is 43.2 Å². The van der Waals surface area contributed by atoms with Crippen molar-refractivity contribution >= 4 is 17.7 Å². The molecule has 6 nitrogen and oxygen atoms in total. The molecule has 3 rings (SSSR count). The van der Waals surface area contributed by atoms with Crippen molar-refractivity contribution in [2.75, 3.05) is 26.1 Å². The number of benzene rings is 2. The molecule has 0 aliphatic carbocycles. The molecule has 0 saturated carbocycles. The zero-order valence-corrected chi connectivity index (χ0v) is 17.0.